The Morgan fingerprint density at radius 1 is 1.13 bits per heavy atom. The maximum atomic E-state index is 12.9. The molecule has 1 aliphatic rings. The van der Waals surface area contributed by atoms with Crippen LogP contribution in [0.1, 0.15) is 19.4 Å². The summed E-state index contributed by atoms with van der Waals surface area (Å²) >= 11 is 1.27. The summed E-state index contributed by atoms with van der Waals surface area (Å²) in [6.07, 6.45) is 1.70. The number of benzene rings is 2. The average molecular weight is 426 g/mol. The predicted octanol–water partition coefficient (Wildman–Crippen LogP) is 4.17. The summed E-state index contributed by atoms with van der Waals surface area (Å²) in [5.41, 5.74) is 1.35. The third-order valence-corrected chi connectivity index (χ3v) is 5.14. The molecule has 1 aliphatic heterocycles. The van der Waals surface area contributed by atoms with Crippen LogP contribution in [-0.2, 0) is 9.59 Å². The van der Waals surface area contributed by atoms with E-state index in [0.29, 0.717) is 34.5 Å². The van der Waals surface area contributed by atoms with Crippen molar-refractivity contribution in [3.05, 3.63) is 59.0 Å². The third-order valence-electron chi connectivity index (χ3n) is 4.13. The number of hydrogen-bond acceptors (Lipinski definition) is 6. The van der Waals surface area contributed by atoms with Gasteiger partial charge < -0.3 is 14.6 Å². The summed E-state index contributed by atoms with van der Waals surface area (Å²) in [6.45, 7) is 4.43. The van der Waals surface area contributed by atoms with Crippen LogP contribution < -0.4 is 9.47 Å². The molecule has 1 fully saturated rings. The summed E-state index contributed by atoms with van der Waals surface area (Å²) < 4.78 is 10.8. The SMILES string of the molecule is CCOc1ccc(N=C2SC(=Cc3ccccc3OCC(=O)O)C(=O)N2CC)cc1. The Balaban J connectivity index is 1.86. The molecule has 1 saturated heterocycles. The number of carbonyl (C=O) groups excluding carboxylic acids is 1. The van der Waals surface area contributed by atoms with E-state index in [1.165, 1.54) is 11.8 Å². The minimum Gasteiger partial charge on any atom is -0.494 e. The molecule has 2 aromatic rings. The summed E-state index contributed by atoms with van der Waals surface area (Å²) in [5, 5.41) is 9.44. The van der Waals surface area contributed by atoms with Gasteiger partial charge in [0.15, 0.2) is 11.8 Å². The molecule has 7 nitrogen and oxygen atoms in total. The number of nitrogens with zero attached hydrogens (tertiary/aromatic N) is 2. The first-order valence-electron chi connectivity index (χ1n) is 9.48. The Morgan fingerprint density at radius 3 is 2.53 bits per heavy atom. The van der Waals surface area contributed by atoms with Gasteiger partial charge in [-0.3, -0.25) is 9.69 Å². The molecular formula is C22H22N2O5S. The Bertz CT molecular complexity index is 985. The molecule has 0 spiro atoms. The number of carbonyl (C=O) groups is 2. The fraction of sp³-hybridized carbons (Fsp3) is 0.227. The van der Waals surface area contributed by atoms with E-state index in [-0.39, 0.29) is 5.91 Å². The Kier molecular flexibility index (Phi) is 7.13. The van der Waals surface area contributed by atoms with E-state index in [2.05, 4.69) is 4.99 Å². The fourth-order valence-electron chi connectivity index (χ4n) is 2.78. The number of hydrogen-bond donors (Lipinski definition) is 1. The van der Waals surface area contributed by atoms with Crippen LogP contribution in [0, 0.1) is 0 Å². The van der Waals surface area contributed by atoms with Crippen molar-refractivity contribution < 1.29 is 24.2 Å². The first kappa shape index (κ1) is 21.4. The van der Waals surface area contributed by atoms with Crippen molar-refractivity contribution in [2.24, 2.45) is 4.99 Å². The summed E-state index contributed by atoms with van der Waals surface area (Å²) in [7, 11) is 0. The van der Waals surface area contributed by atoms with E-state index in [1.807, 2.05) is 38.1 Å². The summed E-state index contributed by atoms with van der Waals surface area (Å²) in [6, 6.07) is 14.4. The van der Waals surface area contributed by atoms with Gasteiger partial charge in [-0.15, -0.1) is 0 Å². The number of carboxylic acid groups (broad SMARTS) is 1. The lowest BCUT2D eigenvalue weighted by Crippen LogP contribution is -2.28. The lowest BCUT2D eigenvalue weighted by Gasteiger charge is -2.12. The molecule has 0 aromatic heterocycles. The van der Waals surface area contributed by atoms with E-state index in [1.54, 1.807) is 35.2 Å². The summed E-state index contributed by atoms with van der Waals surface area (Å²) in [5.74, 6) is -0.0471. The van der Waals surface area contributed by atoms with Crippen molar-refractivity contribution in [2.45, 2.75) is 13.8 Å². The van der Waals surface area contributed by atoms with Crippen molar-refractivity contribution in [1.29, 1.82) is 0 Å². The molecular weight excluding hydrogens is 404 g/mol. The number of thioether (sulfide) groups is 1. The zero-order valence-electron chi connectivity index (χ0n) is 16.7. The minimum atomic E-state index is -1.06. The lowest BCUT2D eigenvalue weighted by atomic mass is 10.2. The highest BCUT2D eigenvalue weighted by Gasteiger charge is 2.32. The highest BCUT2D eigenvalue weighted by molar-refractivity contribution is 8.18. The van der Waals surface area contributed by atoms with Gasteiger partial charge in [-0.05, 0) is 62.0 Å². The van der Waals surface area contributed by atoms with E-state index in [4.69, 9.17) is 14.6 Å². The largest absolute Gasteiger partial charge is 0.494 e. The molecule has 0 unspecified atom stereocenters. The van der Waals surface area contributed by atoms with Gasteiger partial charge in [0.25, 0.3) is 5.91 Å². The van der Waals surface area contributed by atoms with Crippen LogP contribution in [0.25, 0.3) is 6.08 Å². The number of rotatable bonds is 8. The zero-order chi connectivity index (χ0) is 21.5. The topological polar surface area (TPSA) is 88.4 Å². The summed E-state index contributed by atoms with van der Waals surface area (Å²) in [4.78, 5) is 30.4. The number of amidine groups is 1. The average Bonchev–Trinajstić information content (AvgIpc) is 3.03. The standard InChI is InChI=1S/C22H22N2O5S/c1-3-24-21(27)19(13-15-7-5-6-8-18(15)29-14-20(25)26)30-22(24)23-16-9-11-17(12-10-16)28-4-2/h5-13H,3-4,14H2,1-2H3,(H,25,26). The van der Waals surface area contributed by atoms with Gasteiger partial charge in [-0.2, -0.15) is 0 Å². The van der Waals surface area contributed by atoms with Crippen molar-refractivity contribution in [3.8, 4) is 11.5 Å². The van der Waals surface area contributed by atoms with Crippen LogP contribution in [0.5, 0.6) is 11.5 Å². The number of ether oxygens (including phenoxy) is 2. The van der Waals surface area contributed by atoms with Crippen LogP contribution >= 0.6 is 11.8 Å². The first-order valence-corrected chi connectivity index (χ1v) is 10.3. The van der Waals surface area contributed by atoms with Crippen LogP contribution in [0.4, 0.5) is 5.69 Å². The second kappa shape index (κ2) is 9.98. The van der Waals surface area contributed by atoms with E-state index < -0.39 is 12.6 Å². The van der Waals surface area contributed by atoms with Gasteiger partial charge in [0.1, 0.15) is 11.5 Å². The molecule has 0 atom stereocenters. The molecule has 1 heterocycles. The Hall–Kier alpha value is -3.26. The number of carboxylic acids is 1. The molecule has 0 radical (unpaired) electrons. The van der Waals surface area contributed by atoms with Crippen LogP contribution in [-0.4, -0.2) is 46.8 Å². The number of aliphatic carboxylic acids is 1. The number of amides is 1. The van der Waals surface area contributed by atoms with E-state index in [9.17, 15) is 9.59 Å². The molecule has 0 bridgehead atoms. The fourth-order valence-corrected chi connectivity index (χ4v) is 3.83. The molecule has 156 valence electrons. The Labute approximate surface area is 179 Å². The van der Waals surface area contributed by atoms with Crippen LogP contribution in [0.15, 0.2) is 58.4 Å². The molecule has 0 saturated carbocycles. The highest BCUT2D eigenvalue weighted by Crippen LogP contribution is 2.35. The first-order chi connectivity index (χ1) is 14.5. The molecule has 0 aliphatic carbocycles. The molecule has 30 heavy (non-hydrogen) atoms. The van der Waals surface area contributed by atoms with Crippen LogP contribution in [0.2, 0.25) is 0 Å². The van der Waals surface area contributed by atoms with E-state index >= 15 is 0 Å². The second-order valence-corrected chi connectivity index (χ2v) is 7.21. The van der Waals surface area contributed by atoms with E-state index in [0.717, 1.165) is 11.4 Å². The highest BCUT2D eigenvalue weighted by atomic mass is 32.2. The quantitative estimate of drug-likeness (QED) is 0.638. The van der Waals surface area contributed by atoms with Crippen molar-refractivity contribution in [3.63, 3.8) is 0 Å². The number of aliphatic imine (C=N–C) groups is 1. The number of para-hydroxylation sites is 1. The van der Waals surface area contributed by atoms with Gasteiger partial charge in [-0.1, -0.05) is 18.2 Å². The maximum absolute atomic E-state index is 12.9. The second-order valence-electron chi connectivity index (χ2n) is 6.20. The van der Waals surface area contributed by atoms with Crippen molar-refractivity contribution in [1.82, 2.24) is 4.90 Å². The molecule has 2 aromatic carbocycles. The normalized spacial score (nSPS) is 16.3. The number of likely N-dealkylation sites (N-methyl/N-ethyl adjacent to an activating group) is 1. The van der Waals surface area contributed by atoms with Gasteiger partial charge in [0.05, 0.1) is 17.2 Å². The Morgan fingerprint density at radius 2 is 1.87 bits per heavy atom. The predicted molar refractivity (Wildman–Crippen MR) is 117 cm³/mol. The van der Waals surface area contributed by atoms with Gasteiger partial charge >= 0.3 is 5.97 Å². The molecule has 3 rings (SSSR count). The molecule has 1 N–H and O–H groups in total. The lowest BCUT2D eigenvalue weighted by molar-refractivity contribution is -0.139. The van der Waals surface area contributed by atoms with Gasteiger partial charge in [0.2, 0.25) is 0 Å². The van der Waals surface area contributed by atoms with Gasteiger partial charge in [-0.25, -0.2) is 9.79 Å². The van der Waals surface area contributed by atoms with Crippen molar-refractivity contribution >= 4 is 40.6 Å². The smallest absolute Gasteiger partial charge is 0.341 e. The zero-order valence-corrected chi connectivity index (χ0v) is 17.5. The van der Waals surface area contributed by atoms with Crippen LogP contribution in [0.3, 0.4) is 0 Å². The van der Waals surface area contributed by atoms with Crippen molar-refractivity contribution in [2.75, 3.05) is 19.8 Å². The minimum absolute atomic E-state index is 0.153. The third kappa shape index (κ3) is 5.21. The monoisotopic (exact) mass is 426 g/mol. The molecule has 1 amide bonds. The molecule has 8 heteroatoms. The van der Waals surface area contributed by atoms with Gasteiger partial charge in [0, 0.05) is 12.1 Å². The maximum Gasteiger partial charge on any atom is 0.341 e.